The van der Waals surface area contributed by atoms with E-state index in [0.29, 0.717) is 5.56 Å². The second-order valence-electron chi connectivity index (χ2n) is 6.52. The molecule has 0 aliphatic carbocycles. The summed E-state index contributed by atoms with van der Waals surface area (Å²) in [5.74, 6) is -0.732. The zero-order chi connectivity index (χ0) is 19.1. The van der Waals surface area contributed by atoms with Crippen molar-refractivity contribution in [1.82, 2.24) is 4.90 Å². The van der Waals surface area contributed by atoms with Gasteiger partial charge in [0.15, 0.2) is 0 Å². The number of hydrogen-bond donors (Lipinski definition) is 0. The van der Waals surface area contributed by atoms with Gasteiger partial charge in [-0.1, -0.05) is 42.5 Å². The van der Waals surface area contributed by atoms with Gasteiger partial charge >= 0.3 is 11.9 Å². The van der Waals surface area contributed by atoms with Crippen LogP contribution in [0.25, 0.3) is 6.08 Å². The Kier molecular flexibility index (Phi) is 6.39. The second-order valence-corrected chi connectivity index (χ2v) is 6.52. The number of carbonyl (C=O) groups excluding carboxylic acids is 2. The Morgan fingerprint density at radius 1 is 1.11 bits per heavy atom. The van der Waals surface area contributed by atoms with Gasteiger partial charge < -0.3 is 9.47 Å². The predicted molar refractivity (Wildman–Crippen MR) is 103 cm³/mol. The third kappa shape index (κ3) is 5.53. The van der Waals surface area contributed by atoms with Crippen molar-refractivity contribution in [3.05, 3.63) is 77.4 Å². The first kappa shape index (κ1) is 18.9. The van der Waals surface area contributed by atoms with Crippen LogP contribution in [0.1, 0.15) is 27.9 Å². The molecule has 0 unspecified atom stereocenters. The molecule has 2 aromatic rings. The lowest BCUT2D eigenvalue weighted by molar-refractivity contribution is -0.142. The fraction of sp³-hybridized carbons (Fsp3) is 0.273. The van der Waals surface area contributed by atoms with Crippen LogP contribution in [0.15, 0.2) is 60.7 Å². The number of nitrogens with zero attached hydrogens (tertiary/aromatic N) is 1. The SMILES string of the molecule is COC(=O)c1ccc(C=CC(=O)O[C@@H]2CCN(Cc3ccccc3)C2)cc1. The number of esters is 2. The third-order valence-corrected chi connectivity index (χ3v) is 4.50. The molecule has 1 heterocycles. The summed E-state index contributed by atoms with van der Waals surface area (Å²) in [6.45, 7) is 2.55. The lowest BCUT2D eigenvalue weighted by atomic mass is 10.1. The smallest absolute Gasteiger partial charge is 0.337 e. The van der Waals surface area contributed by atoms with Crippen molar-refractivity contribution in [2.45, 2.75) is 19.1 Å². The highest BCUT2D eigenvalue weighted by Gasteiger charge is 2.24. The highest BCUT2D eigenvalue weighted by molar-refractivity contribution is 5.90. The molecule has 0 radical (unpaired) electrons. The van der Waals surface area contributed by atoms with Crippen LogP contribution in [0, 0.1) is 0 Å². The average molecular weight is 365 g/mol. The first-order valence-corrected chi connectivity index (χ1v) is 8.97. The summed E-state index contributed by atoms with van der Waals surface area (Å²) in [6.07, 6.45) is 3.88. The molecule has 1 aliphatic heterocycles. The molecule has 0 bridgehead atoms. The van der Waals surface area contributed by atoms with Gasteiger partial charge in [-0.2, -0.15) is 0 Å². The van der Waals surface area contributed by atoms with Crippen molar-refractivity contribution in [3.8, 4) is 0 Å². The molecule has 2 aromatic carbocycles. The Hall–Kier alpha value is -2.92. The molecule has 1 saturated heterocycles. The maximum absolute atomic E-state index is 12.1. The van der Waals surface area contributed by atoms with Crippen LogP contribution in [0.4, 0.5) is 0 Å². The number of likely N-dealkylation sites (tertiary alicyclic amines) is 1. The van der Waals surface area contributed by atoms with Crippen LogP contribution < -0.4 is 0 Å². The van der Waals surface area contributed by atoms with E-state index in [-0.39, 0.29) is 18.0 Å². The highest BCUT2D eigenvalue weighted by Crippen LogP contribution is 2.16. The summed E-state index contributed by atoms with van der Waals surface area (Å²) in [5, 5.41) is 0. The quantitative estimate of drug-likeness (QED) is 0.581. The Balaban J connectivity index is 1.46. The zero-order valence-electron chi connectivity index (χ0n) is 15.3. The van der Waals surface area contributed by atoms with Gasteiger partial charge in [-0.3, -0.25) is 4.90 Å². The fourth-order valence-electron chi connectivity index (χ4n) is 3.09. The third-order valence-electron chi connectivity index (χ3n) is 4.50. The number of ether oxygens (including phenoxy) is 2. The number of methoxy groups -OCH3 is 1. The summed E-state index contributed by atoms with van der Waals surface area (Å²) < 4.78 is 10.2. The standard InChI is InChI=1S/C22H23NO4/c1-26-22(25)19-10-7-17(8-11-19)9-12-21(24)27-20-13-14-23(16-20)15-18-5-3-2-4-6-18/h2-12,20H,13-16H2,1H3/t20-/m1/s1. The molecule has 0 saturated carbocycles. The van der Waals surface area contributed by atoms with Crippen molar-refractivity contribution in [2.75, 3.05) is 20.2 Å². The van der Waals surface area contributed by atoms with Crippen LogP contribution in [-0.4, -0.2) is 43.1 Å². The Labute approximate surface area is 159 Å². The largest absolute Gasteiger partial charge is 0.465 e. The van der Waals surface area contributed by atoms with E-state index >= 15 is 0 Å². The molecule has 140 valence electrons. The fourth-order valence-corrected chi connectivity index (χ4v) is 3.09. The van der Waals surface area contributed by atoms with Gasteiger partial charge in [0.1, 0.15) is 6.10 Å². The second kappa shape index (κ2) is 9.14. The van der Waals surface area contributed by atoms with E-state index in [1.54, 1.807) is 30.3 Å². The topological polar surface area (TPSA) is 55.8 Å². The molecule has 0 N–H and O–H groups in total. The van der Waals surface area contributed by atoms with Crippen LogP contribution in [0.3, 0.4) is 0 Å². The molecule has 0 spiro atoms. The van der Waals surface area contributed by atoms with E-state index in [0.717, 1.165) is 31.6 Å². The Morgan fingerprint density at radius 2 is 1.85 bits per heavy atom. The number of benzene rings is 2. The van der Waals surface area contributed by atoms with Crippen molar-refractivity contribution in [3.63, 3.8) is 0 Å². The Morgan fingerprint density at radius 3 is 2.56 bits per heavy atom. The summed E-state index contributed by atoms with van der Waals surface area (Å²) >= 11 is 0. The van der Waals surface area contributed by atoms with Crippen molar-refractivity contribution in [2.24, 2.45) is 0 Å². The molecular formula is C22H23NO4. The molecular weight excluding hydrogens is 342 g/mol. The Bertz CT molecular complexity index is 799. The first-order valence-electron chi connectivity index (χ1n) is 8.97. The summed E-state index contributed by atoms with van der Waals surface area (Å²) in [6, 6.07) is 17.1. The van der Waals surface area contributed by atoms with Crippen molar-refractivity contribution < 1.29 is 19.1 Å². The minimum absolute atomic E-state index is 0.0763. The van der Waals surface area contributed by atoms with E-state index < -0.39 is 0 Å². The number of hydrogen-bond acceptors (Lipinski definition) is 5. The molecule has 1 atom stereocenters. The van der Waals surface area contributed by atoms with Gasteiger partial charge in [0, 0.05) is 25.7 Å². The van der Waals surface area contributed by atoms with Gasteiger partial charge in [-0.05, 0) is 35.8 Å². The number of carbonyl (C=O) groups is 2. The van der Waals surface area contributed by atoms with Crippen LogP contribution >= 0.6 is 0 Å². The van der Waals surface area contributed by atoms with Gasteiger partial charge in [-0.15, -0.1) is 0 Å². The van der Waals surface area contributed by atoms with E-state index in [2.05, 4.69) is 21.8 Å². The van der Waals surface area contributed by atoms with Crippen LogP contribution in [0.2, 0.25) is 0 Å². The monoisotopic (exact) mass is 365 g/mol. The lowest BCUT2D eigenvalue weighted by Gasteiger charge is -2.15. The molecule has 0 aromatic heterocycles. The van der Waals surface area contributed by atoms with E-state index in [4.69, 9.17) is 4.74 Å². The average Bonchev–Trinajstić information content (AvgIpc) is 3.13. The zero-order valence-corrected chi connectivity index (χ0v) is 15.3. The maximum Gasteiger partial charge on any atom is 0.337 e. The lowest BCUT2D eigenvalue weighted by Crippen LogP contribution is -2.24. The summed E-state index contributed by atoms with van der Waals surface area (Å²) in [4.78, 5) is 25.8. The van der Waals surface area contributed by atoms with Crippen LogP contribution in [0.5, 0.6) is 0 Å². The van der Waals surface area contributed by atoms with E-state index in [9.17, 15) is 9.59 Å². The molecule has 27 heavy (non-hydrogen) atoms. The summed E-state index contributed by atoms with van der Waals surface area (Å²) in [7, 11) is 1.34. The molecule has 3 rings (SSSR count). The van der Waals surface area contributed by atoms with Gasteiger partial charge in [0.2, 0.25) is 0 Å². The van der Waals surface area contributed by atoms with Crippen molar-refractivity contribution in [1.29, 1.82) is 0 Å². The molecule has 1 fully saturated rings. The minimum atomic E-state index is -0.383. The van der Waals surface area contributed by atoms with Crippen LogP contribution in [-0.2, 0) is 20.8 Å². The molecule has 1 aliphatic rings. The normalized spacial score (nSPS) is 17.1. The van der Waals surface area contributed by atoms with Crippen molar-refractivity contribution >= 4 is 18.0 Å². The van der Waals surface area contributed by atoms with E-state index in [1.807, 2.05) is 18.2 Å². The highest BCUT2D eigenvalue weighted by atomic mass is 16.5. The predicted octanol–water partition coefficient (Wildman–Crippen LogP) is 3.30. The van der Waals surface area contributed by atoms with E-state index in [1.165, 1.54) is 18.7 Å². The molecule has 5 heteroatoms. The maximum atomic E-state index is 12.1. The first-order chi connectivity index (χ1) is 13.1. The van der Waals surface area contributed by atoms with Gasteiger partial charge in [-0.25, -0.2) is 9.59 Å². The molecule has 0 amide bonds. The molecule has 5 nitrogen and oxygen atoms in total. The number of rotatable bonds is 6. The minimum Gasteiger partial charge on any atom is -0.465 e. The van der Waals surface area contributed by atoms with Gasteiger partial charge in [0.05, 0.1) is 12.7 Å². The summed E-state index contributed by atoms with van der Waals surface area (Å²) in [5.41, 5.74) is 2.55. The van der Waals surface area contributed by atoms with Gasteiger partial charge in [0.25, 0.3) is 0 Å².